The highest BCUT2D eigenvalue weighted by molar-refractivity contribution is 5.87. The second-order valence-corrected chi connectivity index (χ2v) is 6.17. The second-order valence-electron chi connectivity index (χ2n) is 6.17. The molecule has 1 saturated carbocycles. The quantitative estimate of drug-likeness (QED) is 0.873. The van der Waals surface area contributed by atoms with E-state index in [1.807, 2.05) is 12.1 Å². The molecule has 1 fully saturated rings. The minimum absolute atomic E-state index is 0.349. The molecule has 1 unspecified atom stereocenters. The molecule has 0 aromatic heterocycles. The molecule has 0 aliphatic heterocycles. The van der Waals surface area contributed by atoms with Gasteiger partial charge in [0.15, 0.2) is 0 Å². The molecule has 3 heteroatoms. The average Bonchev–Trinajstić information content (AvgIpc) is 2.37. The minimum atomic E-state index is -0.868. The maximum Gasteiger partial charge on any atom is 0.335 e. The Labute approximate surface area is 115 Å². The van der Waals surface area contributed by atoms with Gasteiger partial charge < -0.3 is 10.4 Å². The van der Waals surface area contributed by atoms with Crippen molar-refractivity contribution in [2.45, 2.75) is 52.1 Å². The summed E-state index contributed by atoms with van der Waals surface area (Å²) < 4.78 is 0. The Morgan fingerprint density at radius 1 is 1.32 bits per heavy atom. The van der Waals surface area contributed by atoms with Crippen LogP contribution in [0.2, 0.25) is 0 Å². The molecule has 0 saturated heterocycles. The molecule has 0 amide bonds. The fourth-order valence-electron chi connectivity index (χ4n) is 2.88. The first kappa shape index (κ1) is 14.1. The molecule has 1 aromatic rings. The topological polar surface area (TPSA) is 49.3 Å². The van der Waals surface area contributed by atoms with Gasteiger partial charge in [-0.2, -0.15) is 0 Å². The van der Waals surface area contributed by atoms with Crippen molar-refractivity contribution >= 4 is 5.97 Å². The zero-order valence-corrected chi connectivity index (χ0v) is 11.8. The van der Waals surface area contributed by atoms with Gasteiger partial charge >= 0.3 is 5.97 Å². The predicted octanol–water partition coefficient (Wildman–Crippen LogP) is 3.44. The van der Waals surface area contributed by atoms with E-state index in [-0.39, 0.29) is 0 Å². The van der Waals surface area contributed by atoms with Gasteiger partial charge in [0.25, 0.3) is 0 Å². The molecule has 3 nitrogen and oxygen atoms in total. The SMILES string of the molecule is CC1(C)CCCCC1NCc1ccc(C(=O)O)cc1. The second kappa shape index (κ2) is 5.74. The molecule has 2 N–H and O–H groups in total. The van der Waals surface area contributed by atoms with Gasteiger partial charge in [0, 0.05) is 12.6 Å². The molecule has 0 radical (unpaired) electrons. The van der Waals surface area contributed by atoms with Crippen LogP contribution in [0.3, 0.4) is 0 Å². The third-order valence-electron chi connectivity index (χ3n) is 4.26. The summed E-state index contributed by atoms with van der Waals surface area (Å²) >= 11 is 0. The molecular formula is C16H23NO2. The smallest absolute Gasteiger partial charge is 0.335 e. The van der Waals surface area contributed by atoms with E-state index in [2.05, 4.69) is 19.2 Å². The molecule has 0 bridgehead atoms. The van der Waals surface area contributed by atoms with E-state index in [1.165, 1.54) is 25.7 Å². The van der Waals surface area contributed by atoms with Gasteiger partial charge in [-0.3, -0.25) is 0 Å². The first-order valence-corrected chi connectivity index (χ1v) is 7.05. The number of carboxylic acids is 1. The molecule has 0 spiro atoms. The van der Waals surface area contributed by atoms with Gasteiger partial charge in [-0.15, -0.1) is 0 Å². The lowest BCUT2D eigenvalue weighted by Crippen LogP contribution is -2.43. The van der Waals surface area contributed by atoms with Crippen LogP contribution in [0.4, 0.5) is 0 Å². The van der Waals surface area contributed by atoms with Crippen molar-refractivity contribution < 1.29 is 9.90 Å². The zero-order chi connectivity index (χ0) is 13.9. The number of hydrogen-bond donors (Lipinski definition) is 2. The van der Waals surface area contributed by atoms with E-state index < -0.39 is 5.97 Å². The third kappa shape index (κ3) is 3.57. The van der Waals surface area contributed by atoms with Crippen LogP contribution >= 0.6 is 0 Å². The van der Waals surface area contributed by atoms with Crippen LogP contribution in [0.1, 0.15) is 55.5 Å². The third-order valence-corrected chi connectivity index (χ3v) is 4.26. The summed E-state index contributed by atoms with van der Waals surface area (Å²) in [6.07, 6.45) is 5.15. The largest absolute Gasteiger partial charge is 0.478 e. The molecule has 1 aliphatic carbocycles. The van der Waals surface area contributed by atoms with Crippen molar-refractivity contribution in [3.8, 4) is 0 Å². The normalized spacial score (nSPS) is 22.1. The average molecular weight is 261 g/mol. The summed E-state index contributed by atoms with van der Waals surface area (Å²) in [7, 11) is 0. The molecule has 1 aromatic carbocycles. The van der Waals surface area contributed by atoms with Gasteiger partial charge in [0.1, 0.15) is 0 Å². The van der Waals surface area contributed by atoms with E-state index in [1.54, 1.807) is 12.1 Å². The first-order valence-electron chi connectivity index (χ1n) is 7.05. The Kier molecular flexibility index (Phi) is 4.25. The van der Waals surface area contributed by atoms with Crippen LogP contribution in [-0.4, -0.2) is 17.1 Å². The van der Waals surface area contributed by atoms with Crippen molar-refractivity contribution in [3.05, 3.63) is 35.4 Å². The highest BCUT2D eigenvalue weighted by Gasteiger charge is 2.31. The summed E-state index contributed by atoms with van der Waals surface area (Å²) in [4.78, 5) is 10.8. The van der Waals surface area contributed by atoms with Crippen molar-refractivity contribution in [1.82, 2.24) is 5.32 Å². The van der Waals surface area contributed by atoms with Crippen LogP contribution < -0.4 is 5.32 Å². The zero-order valence-electron chi connectivity index (χ0n) is 11.8. The summed E-state index contributed by atoms with van der Waals surface area (Å²) in [6.45, 7) is 5.47. The number of rotatable bonds is 4. The van der Waals surface area contributed by atoms with Gasteiger partial charge in [-0.05, 0) is 36.0 Å². The van der Waals surface area contributed by atoms with Crippen LogP contribution in [-0.2, 0) is 6.54 Å². The molecular weight excluding hydrogens is 238 g/mol. The highest BCUT2D eigenvalue weighted by atomic mass is 16.4. The van der Waals surface area contributed by atoms with Crippen molar-refractivity contribution in [1.29, 1.82) is 0 Å². The number of carbonyl (C=O) groups is 1. The van der Waals surface area contributed by atoms with Crippen molar-refractivity contribution in [3.63, 3.8) is 0 Å². The Morgan fingerprint density at radius 3 is 2.58 bits per heavy atom. The monoisotopic (exact) mass is 261 g/mol. The maximum atomic E-state index is 10.8. The van der Waals surface area contributed by atoms with Crippen LogP contribution in [0.25, 0.3) is 0 Å². The van der Waals surface area contributed by atoms with E-state index >= 15 is 0 Å². The number of aromatic carboxylic acids is 1. The lowest BCUT2D eigenvalue weighted by molar-refractivity contribution is 0.0697. The molecule has 19 heavy (non-hydrogen) atoms. The van der Waals surface area contributed by atoms with Crippen LogP contribution in [0.15, 0.2) is 24.3 Å². The summed E-state index contributed by atoms with van der Waals surface area (Å²) in [6, 6.07) is 7.69. The Bertz CT molecular complexity index is 437. The van der Waals surface area contributed by atoms with E-state index in [9.17, 15) is 4.79 Å². The van der Waals surface area contributed by atoms with Gasteiger partial charge in [-0.1, -0.05) is 38.8 Å². The first-order chi connectivity index (χ1) is 8.99. The summed E-state index contributed by atoms with van der Waals surface area (Å²) in [5, 5.41) is 12.5. The highest BCUT2D eigenvalue weighted by Crippen LogP contribution is 2.35. The number of carboxylic acid groups (broad SMARTS) is 1. The molecule has 0 heterocycles. The molecule has 1 atom stereocenters. The van der Waals surface area contributed by atoms with Gasteiger partial charge in [0.05, 0.1) is 5.56 Å². The van der Waals surface area contributed by atoms with E-state index in [4.69, 9.17) is 5.11 Å². The Balaban J connectivity index is 1.93. The van der Waals surface area contributed by atoms with Crippen molar-refractivity contribution in [2.24, 2.45) is 5.41 Å². The molecule has 1 aliphatic rings. The minimum Gasteiger partial charge on any atom is -0.478 e. The van der Waals surface area contributed by atoms with E-state index in [0.717, 1.165) is 12.1 Å². The number of nitrogens with one attached hydrogen (secondary N) is 1. The fraction of sp³-hybridized carbons (Fsp3) is 0.562. The van der Waals surface area contributed by atoms with Gasteiger partial charge in [-0.25, -0.2) is 4.79 Å². The van der Waals surface area contributed by atoms with Gasteiger partial charge in [0.2, 0.25) is 0 Å². The lowest BCUT2D eigenvalue weighted by atomic mass is 9.73. The van der Waals surface area contributed by atoms with Crippen LogP contribution in [0, 0.1) is 5.41 Å². The fourth-order valence-corrected chi connectivity index (χ4v) is 2.88. The summed E-state index contributed by atoms with van der Waals surface area (Å²) in [5.74, 6) is -0.868. The lowest BCUT2D eigenvalue weighted by Gasteiger charge is -2.39. The van der Waals surface area contributed by atoms with Crippen LogP contribution in [0.5, 0.6) is 0 Å². The number of benzene rings is 1. The predicted molar refractivity (Wildman–Crippen MR) is 76.3 cm³/mol. The Morgan fingerprint density at radius 2 is 2.00 bits per heavy atom. The number of hydrogen-bond acceptors (Lipinski definition) is 2. The Hall–Kier alpha value is -1.35. The summed E-state index contributed by atoms with van der Waals surface area (Å²) in [5.41, 5.74) is 1.85. The molecule has 104 valence electrons. The maximum absolute atomic E-state index is 10.8. The van der Waals surface area contributed by atoms with Crippen molar-refractivity contribution in [2.75, 3.05) is 0 Å². The standard InChI is InChI=1S/C16H23NO2/c1-16(2)10-4-3-5-14(16)17-11-12-6-8-13(9-7-12)15(18)19/h6-9,14,17H,3-5,10-11H2,1-2H3,(H,18,19). The van der Waals surface area contributed by atoms with E-state index in [0.29, 0.717) is 17.0 Å². The molecule has 2 rings (SSSR count).